The molecule has 5 nitrogen and oxygen atoms in total. The molecule has 2 atom stereocenters. The van der Waals surface area contributed by atoms with Crippen LogP contribution in [-0.2, 0) is 16.1 Å². The fourth-order valence-corrected chi connectivity index (χ4v) is 2.95. The number of benzene rings is 1. The largest absolute Gasteiger partial charge is 0.372 e. The smallest absolute Gasteiger partial charge is 0.224 e. The average Bonchev–Trinajstić information content (AvgIpc) is 2.87. The third kappa shape index (κ3) is 3.08. The molecule has 0 spiro atoms. The van der Waals surface area contributed by atoms with Crippen molar-refractivity contribution in [3.63, 3.8) is 0 Å². The molecule has 21 heavy (non-hydrogen) atoms. The van der Waals surface area contributed by atoms with Gasteiger partial charge in [0.05, 0.1) is 30.5 Å². The number of hydrogen-bond acceptors (Lipinski definition) is 3. The zero-order chi connectivity index (χ0) is 14.8. The van der Waals surface area contributed by atoms with Gasteiger partial charge in [0.1, 0.15) is 0 Å². The number of aryl methyl sites for hydroxylation is 1. The van der Waals surface area contributed by atoms with Gasteiger partial charge in [-0.15, -0.1) is 0 Å². The predicted octanol–water partition coefficient (Wildman–Crippen LogP) is 2.06. The summed E-state index contributed by atoms with van der Waals surface area (Å²) in [6.07, 6.45) is 2.55. The van der Waals surface area contributed by atoms with E-state index in [0.717, 1.165) is 10.9 Å². The summed E-state index contributed by atoms with van der Waals surface area (Å²) in [7, 11) is 0. The van der Waals surface area contributed by atoms with Crippen molar-refractivity contribution in [1.82, 2.24) is 14.7 Å². The van der Waals surface area contributed by atoms with Crippen molar-refractivity contribution in [2.24, 2.45) is 0 Å². The zero-order valence-corrected chi connectivity index (χ0v) is 12.5. The molecule has 2 unspecified atom stereocenters. The van der Waals surface area contributed by atoms with Crippen molar-refractivity contribution in [2.75, 3.05) is 13.1 Å². The summed E-state index contributed by atoms with van der Waals surface area (Å²) < 4.78 is 7.57. The van der Waals surface area contributed by atoms with E-state index in [1.165, 1.54) is 0 Å². The molecule has 2 aromatic rings. The summed E-state index contributed by atoms with van der Waals surface area (Å²) in [4.78, 5) is 14.3. The Hall–Kier alpha value is -1.88. The molecule has 1 saturated heterocycles. The van der Waals surface area contributed by atoms with Crippen LogP contribution < -0.4 is 0 Å². The van der Waals surface area contributed by atoms with Gasteiger partial charge < -0.3 is 9.64 Å². The van der Waals surface area contributed by atoms with Crippen LogP contribution in [0.3, 0.4) is 0 Å². The number of ether oxygens (including phenoxy) is 1. The topological polar surface area (TPSA) is 47.4 Å². The first-order valence-corrected chi connectivity index (χ1v) is 7.47. The van der Waals surface area contributed by atoms with Crippen molar-refractivity contribution in [3.05, 3.63) is 30.5 Å². The molecule has 3 rings (SSSR count). The van der Waals surface area contributed by atoms with Crippen LogP contribution in [-0.4, -0.2) is 45.9 Å². The molecule has 1 amide bonds. The van der Waals surface area contributed by atoms with E-state index in [4.69, 9.17) is 4.74 Å². The summed E-state index contributed by atoms with van der Waals surface area (Å²) in [6.45, 7) is 6.01. The van der Waals surface area contributed by atoms with E-state index in [1.807, 2.05) is 53.9 Å². The molecule has 1 aromatic heterocycles. The Bertz CT molecular complexity index is 627. The summed E-state index contributed by atoms with van der Waals surface area (Å²) in [5.41, 5.74) is 1.08. The molecular formula is C16H21N3O2. The number of carbonyl (C=O) groups excluding carboxylic acids is 1. The molecular weight excluding hydrogens is 266 g/mol. The standard InChI is InChI=1S/C16H21N3O2/c1-12-10-18(11-13(2)21-12)16(20)7-8-19-15-6-4-3-5-14(15)9-17-19/h3-6,9,12-13H,7-8,10-11H2,1-2H3. The molecule has 0 radical (unpaired) electrons. The number of fused-ring (bicyclic) bond motifs is 1. The molecule has 5 heteroatoms. The van der Waals surface area contributed by atoms with Crippen LogP contribution in [0.25, 0.3) is 10.9 Å². The highest BCUT2D eigenvalue weighted by Crippen LogP contribution is 2.15. The molecule has 2 heterocycles. The van der Waals surface area contributed by atoms with Gasteiger partial charge in [0, 0.05) is 24.9 Å². The highest BCUT2D eigenvalue weighted by molar-refractivity contribution is 5.79. The van der Waals surface area contributed by atoms with E-state index in [0.29, 0.717) is 26.1 Å². The Morgan fingerprint density at radius 3 is 2.76 bits per heavy atom. The van der Waals surface area contributed by atoms with Gasteiger partial charge in [0.15, 0.2) is 0 Å². The SMILES string of the molecule is CC1CN(C(=O)CCn2ncc3ccccc32)CC(C)O1. The molecule has 1 aliphatic heterocycles. The summed E-state index contributed by atoms with van der Waals surface area (Å²) >= 11 is 0. The van der Waals surface area contributed by atoms with Gasteiger partial charge in [0.25, 0.3) is 0 Å². The van der Waals surface area contributed by atoms with Crippen LogP contribution in [0.5, 0.6) is 0 Å². The number of rotatable bonds is 3. The minimum absolute atomic E-state index is 0.114. The second kappa shape index (κ2) is 5.85. The second-order valence-electron chi connectivity index (χ2n) is 5.73. The number of morpholine rings is 1. The van der Waals surface area contributed by atoms with Gasteiger partial charge in [-0.1, -0.05) is 18.2 Å². The molecule has 0 bridgehead atoms. The van der Waals surface area contributed by atoms with Crippen LogP contribution in [0, 0.1) is 0 Å². The minimum Gasteiger partial charge on any atom is -0.372 e. The van der Waals surface area contributed by atoms with Crippen molar-refractivity contribution < 1.29 is 9.53 Å². The first-order chi connectivity index (χ1) is 10.1. The highest BCUT2D eigenvalue weighted by atomic mass is 16.5. The Balaban J connectivity index is 1.63. The maximum Gasteiger partial charge on any atom is 0.224 e. The van der Waals surface area contributed by atoms with Crippen molar-refractivity contribution in [1.29, 1.82) is 0 Å². The lowest BCUT2D eigenvalue weighted by Gasteiger charge is -2.35. The molecule has 0 saturated carbocycles. The van der Waals surface area contributed by atoms with Crippen molar-refractivity contribution in [2.45, 2.75) is 39.0 Å². The Kier molecular flexibility index (Phi) is 3.92. The van der Waals surface area contributed by atoms with Crippen LogP contribution in [0.4, 0.5) is 0 Å². The van der Waals surface area contributed by atoms with E-state index in [2.05, 4.69) is 5.10 Å². The zero-order valence-electron chi connectivity index (χ0n) is 12.5. The Morgan fingerprint density at radius 1 is 1.29 bits per heavy atom. The molecule has 112 valence electrons. The molecule has 1 fully saturated rings. The fraction of sp³-hybridized carbons (Fsp3) is 0.500. The summed E-state index contributed by atoms with van der Waals surface area (Å²) in [5, 5.41) is 5.47. The lowest BCUT2D eigenvalue weighted by molar-refractivity contribution is -0.143. The number of carbonyl (C=O) groups is 1. The third-order valence-corrected chi connectivity index (χ3v) is 3.86. The van der Waals surface area contributed by atoms with Crippen LogP contribution in [0.1, 0.15) is 20.3 Å². The average molecular weight is 287 g/mol. The fourth-order valence-electron chi connectivity index (χ4n) is 2.95. The molecule has 0 N–H and O–H groups in total. The maximum absolute atomic E-state index is 12.3. The number of para-hydroxylation sites is 1. The van der Waals surface area contributed by atoms with E-state index >= 15 is 0 Å². The van der Waals surface area contributed by atoms with Crippen molar-refractivity contribution in [3.8, 4) is 0 Å². The first kappa shape index (κ1) is 14.1. The van der Waals surface area contributed by atoms with Crippen LogP contribution in [0.2, 0.25) is 0 Å². The number of hydrogen-bond donors (Lipinski definition) is 0. The van der Waals surface area contributed by atoms with Crippen molar-refractivity contribution >= 4 is 16.8 Å². The summed E-state index contributed by atoms with van der Waals surface area (Å²) in [5.74, 6) is 0.177. The quantitative estimate of drug-likeness (QED) is 0.868. The Morgan fingerprint density at radius 2 is 2.00 bits per heavy atom. The Labute approximate surface area is 124 Å². The predicted molar refractivity (Wildman–Crippen MR) is 80.9 cm³/mol. The van der Waals surface area contributed by atoms with Gasteiger partial charge in [-0.2, -0.15) is 5.10 Å². The van der Waals surface area contributed by atoms with Crippen LogP contribution >= 0.6 is 0 Å². The number of aromatic nitrogens is 2. The highest BCUT2D eigenvalue weighted by Gasteiger charge is 2.25. The normalized spacial score (nSPS) is 22.7. The van der Waals surface area contributed by atoms with Gasteiger partial charge in [-0.25, -0.2) is 0 Å². The summed E-state index contributed by atoms with van der Waals surface area (Å²) in [6, 6.07) is 8.06. The molecule has 0 aliphatic carbocycles. The maximum atomic E-state index is 12.3. The van der Waals surface area contributed by atoms with Gasteiger partial charge >= 0.3 is 0 Å². The van der Waals surface area contributed by atoms with Gasteiger partial charge in [-0.05, 0) is 19.9 Å². The molecule has 1 aromatic carbocycles. The van der Waals surface area contributed by atoms with E-state index in [1.54, 1.807) is 0 Å². The van der Waals surface area contributed by atoms with Gasteiger partial charge in [0.2, 0.25) is 5.91 Å². The molecule has 1 aliphatic rings. The lowest BCUT2D eigenvalue weighted by atomic mass is 10.2. The minimum atomic E-state index is 0.114. The van der Waals surface area contributed by atoms with E-state index < -0.39 is 0 Å². The number of nitrogens with zero attached hydrogens (tertiary/aromatic N) is 3. The first-order valence-electron chi connectivity index (χ1n) is 7.47. The van der Waals surface area contributed by atoms with E-state index in [9.17, 15) is 4.79 Å². The lowest BCUT2D eigenvalue weighted by Crippen LogP contribution is -2.48. The van der Waals surface area contributed by atoms with Gasteiger partial charge in [-0.3, -0.25) is 9.48 Å². The second-order valence-corrected chi connectivity index (χ2v) is 5.73. The monoisotopic (exact) mass is 287 g/mol. The van der Waals surface area contributed by atoms with Crippen LogP contribution in [0.15, 0.2) is 30.5 Å². The third-order valence-electron chi connectivity index (χ3n) is 3.86. The van der Waals surface area contributed by atoms with E-state index in [-0.39, 0.29) is 18.1 Å². The number of amides is 1.